The first-order chi connectivity index (χ1) is 9.17. The molecule has 0 bridgehead atoms. The zero-order valence-corrected chi connectivity index (χ0v) is 12.4. The summed E-state index contributed by atoms with van der Waals surface area (Å²) in [6.45, 7) is 6.47. The molecule has 1 aliphatic rings. The first kappa shape index (κ1) is 16.0. The molecule has 19 heavy (non-hydrogen) atoms. The van der Waals surface area contributed by atoms with Crippen molar-refractivity contribution in [3.05, 3.63) is 0 Å². The summed E-state index contributed by atoms with van der Waals surface area (Å²) in [5.74, 6) is 0.830. The summed E-state index contributed by atoms with van der Waals surface area (Å²) in [7, 11) is 0. The van der Waals surface area contributed by atoms with Crippen molar-refractivity contribution in [3.63, 3.8) is 0 Å². The van der Waals surface area contributed by atoms with Gasteiger partial charge in [-0.1, -0.05) is 20.3 Å². The van der Waals surface area contributed by atoms with Crippen LogP contribution < -0.4 is 5.32 Å². The monoisotopic (exact) mass is 268 g/mol. The third kappa shape index (κ3) is 6.08. The lowest BCUT2D eigenvalue weighted by Crippen LogP contribution is -2.38. The maximum atomic E-state index is 12.0. The molecule has 1 N–H and O–H groups in total. The Balaban J connectivity index is 2.40. The predicted octanol–water partition coefficient (Wildman–Crippen LogP) is 2.33. The number of nitrogens with one attached hydrogen (secondary N) is 1. The highest BCUT2D eigenvalue weighted by Crippen LogP contribution is 2.17. The molecule has 1 saturated heterocycles. The van der Waals surface area contributed by atoms with Crippen LogP contribution in [0.2, 0.25) is 0 Å². The molecule has 0 aromatic carbocycles. The van der Waals surface area contributed by atoms with Gasteiger partial charge in [0.15, 0.2) is 0 Å². The van der Waals surface area contributed by atoms with Gasteiger partial charge in [0.25, 0.3) is 0 Å². The van der Waals surface area contributed by atoms with Crippen molar-refractivity contribution in [2.24, 2.45) is 5.92 Å². The molecule has 0 aliphatic carbocycles. The van der Waals surface area contributed by atoms with Gasteiger partial charge in [0.05, 0.1) is 0 Å². The summed E-state index contributed by atoms with van der Waals surface area (Å²) in [6.07, 6.45) is 6.41. The maximum Gasteiger partial charge on any atom is 0.222 e. The molecule has 2 amide bonds. The summed E-state index contributed by atoms with van der Waals surface area (Å²) >= 11 is 0. The fourth-order valence-electron chi connectivity index (χ4n) is 2.57. The van der Waals surface area contributed by atoms with E-state index in [-0.39, 0.29) is 11.8 Å². The minimum atomic E-state index is 0.137. The Morgan fingerprint density at radius 2 is 1.89 bits per heavy atom. The summed E-state index contributed by atoms with van der Waals surface area (Å²) in [5.41, 5.74) is 0. The third-order valence-electron chi connectivity index (χ3n) is 3.65. The lowest BCUT2D eigenvalue weighted by Gasteiger charge is -2.24. The van der Waals surface area contributed by atoms with Crippen LogP contribution in [0.25, 0.3) is 0 Å². The van der Waals surface area contributed by atoms with Crippen molar-refractivity contribution in [2.75, 3.05) is 19.6 Å². The molecule has 1 rings (SSSR count). The van der Waals surface area contributed by atoms with Crippen LogP contribution in [0.3, 0.4) is 0 Å². The van der Waals surface area contributed by atoms with Crippen LogP contribution in [0.4, 0.5) is 0 Å². The Hall–Kier alpha value is -1.06. The highest BCUT2D eigenvalue weighted by Gasteiger charge is 2.21. The zero-order valence-electron chi connectivity index (χ0n) is 12.4. The second-order valence-corrected chi connectivity index (χ2v) is 5.51. The summed E-state index contributed by atoms with van der Waals surface area (Å²) in [5, 5.41) is 3.00. The van der Waals surface area contributed by atoms with Crippen LogP contribution >= 0.6 is 0 Å². The van der Waals surface area contributed by atoms with Gasteiger partial charge in [-0.25, -0.2) is 0 Å². The molecular weight excluding hydrogens is 240 g/mol. The van der Waals surface area contributed by atoms with Crippen LogP contribution in [-0.2, 0) is 9.59 Å². The van der Waals surface area contributed by atoms with E-state index in [1.54, 1.807) is 0 Å². The molecule has 1 aliphatic heterocycles. The lowest BCUT2D eigenvalue weighted by molar-refractivity contribution is -0.131. The lowest BCUT2D eigenvalue weighted by atomic mass is 10.0. The number of hydrogen-bond acceptors (Lipinski definition) is 2. The Kier molecular flexibility index (Phi) is 7.53. The SMILES string of the molecule is CCCC(=O)NC[C@H]1CCCCN(C(=O)CCC)C1. The second kappa shape index (κ2) is 8.94. The molecule has 0 unspecified atom stereocenters. The smallest absolute Gasteiger partial charge is 0.222 e. The molecular formula is C15H28N2O2. The summed E-state index contributed by atoms with van der Waals surface area (Å²) < 4.78 is 0. The van der Waals surface area contributed by atoms with Crippen molar-refractivity contribution < 1.29 is 9.59 Å². The van der Waals surface area contributed by atoms with E-state index in [9.17, 15) is 9.59 Å². The van der Waals surface area contributed by atoms with Crippen LogP contribution in [0.15, 0.2) is 0 Å². The molecule has 0 saturated carbocycles. The molecule has 0 aromatic heterocycles. The molecule has 1 fully saturated rings. The largest absolute Gasteiger partial charge is 0.356 e. The second-order valence-electron chi connectivity index (χ2n) is 5.51. The minimum absolute atomic E-state index is 0.137. The number of likely N-dealkylation sites (tertiary alicyclic amines) is 1. The van der Waals surface area contributed by atoms with Crippen molar-refractivity contribution in [3.8, 4) is 0 Å². The first-order valence-corrected chi connectivity index (χ1v) is 7.71. The highest BCUT2D eigenvalue weighted by atomic mass is 16.2. The van der Waals surface area contributed by atoms with Gasteiger partial charge in [0.2, 0.25) is 11.8 Å². The number of amides is 2. The Morgan fingerprint density at radius 3 is 2.58 bits per heavy atom. The predicted molar refractivity (Wildman–Crippen MR) is 76.7 cm³/mol. The van der Waals surface area contributed by atoms with Gasteiger partial charge in [-0.3, -0.25) is 9.59 Å². The van der Waals surface area contributed by atoms with Gasteiger partial charge in [-0.2, -0.15) is 0 Å². The first-order valence-electron chi connectivity index (χ1n) is 7.71. The molecule has 0 spiro atoms. The van der Waals surface area contributed by atoms with Gasteiger partial charge in [0.1, 0.15) is 0 Å². The van der Waals surface area contributed by atoms with Crippen molar-refractivity contribution in [2.45, 2.75) is 58.8 Å². The molecule has 110 valence electrons. The van der Waals surface area contributed by atoms with Crippen LogP contribution in [0.5, 0.6) is 0 Å². The minimum Gasteiger partial charge on any atom is -0.356 e. The Bertz CT molecular complexity index is 292. The molecule has 0 aromatic rings. The Morgan fingerprint density at radius 1 is 1.16 bits per heavy atom. The molecule has 4 heteroatoms. The average Bonchev–Trinajstić information content (AvgIpc) is 2.62. The van der Waals surface area contributed by atoms with E-state index in [0.29, 0.717) is 18.8 Å². The molecule has 1 atom stereocenters. The van der Waals surface area contributed by atoms with E-state index in [1.165, 1.54) is 0 Å². The normalized spacial score (nSPS) is 19.9. The number of hydrogen-bond donors (Lipinski definition) is 1. The van der Waals surface area contributed by atoms with Crippen LogP contribution in [0.1, 0.15) is 58.8 Å². The van der Waals surface area contributed by atoms with E-state index in [0.717, 1.165) is 51.7 Å². The molecule has 1 heterocycles. The summed E-state index contributed by atoms with van der Waals surface area (Å²) in [6, 6.07) is 0. The van der Waals surface area contributed by atoms with Crippen LogP contribution in [-0.4, -0.2) is 36.3 Å². The van der Waals surface area contributed by atoms with Crippen molar-refractivity contribution in [1.29, 1.82) is 0 Å². The number of nitrogens with zero attached hydrogens (tertiary/aromatic N) is 1. The van der Waals surface area contributed by atoms with E-state index >= 15 is 0 Å². The maximum absolute atomic E-state index is 12.0. The van der Waals surface area contributed by atoms with E-state index in [4.69, 9.17) is 0 Å². The standard InChI is InChI=1S/C15H28N2O2/c1-3-7-14(18)16-11-13-9-5-6-10-17(12-13)15(19)8-4-2/h13H,3-12H2,1-2H3,(H,16,18)/t13-/m1/s1. The number of carbonyl (C=O) groups excluding carboxylic acids is 2. The van der Waals surface area contributed by atoms with Gasteiger partial charge in [-0.05, 0) is 31.6 Å². The quantitative estimate of drug-likeness (QED) is 0.804. The van der Waals surface area contributed by atoms with Gasteiger partial charge in [0, 0.05) is 32.5 Å². The van der Waals surface area contributed by atoms with Crippen molar-refractivity contribution >= 4 is 11.8 Å². The highest BCUT2D eigenvalue weighted by molar-refractivity contribution is 5.76. The molecule has 0 radical (unpaired) electrons. The molecule has 4 nitrogen and oxygen atoms in total. The van der Waals surface area contributed by atoms with E-state index in [2.05, 4.69) is 5.32 Å². The van der Waals surface area contributed by atoms with Crippen molar-refractivity contribution in [1.82, 2.24) is 10.2 Å². The van der Waals surface area contributed by atoms with E-state index < -0.39 is 0 Å². The topological polar surface area (TPSA) is 49.4 Å². The third-order valence-corrected chi connectivity index (χ3v) is 3.65. The van der Waals surface area contributed by atoms with Crippen LogP contribution in [0, 0.1) is 5.92 Å². The number of rotatable bonds is 6. The summed E-state index contributed by atoms with van der Waals surface area (Å²) in [4.78, 5) is 25.5. The number of carbonyl (C=O) groups is 2. The fourth-order valence-corrected chi connectivity index (χ4v) is 2.57. The van der Waals surface area contributed by atoms with Gasteiger partial charge in [-0.15, -0.1) is 0 Å². The Labute approximate surface area is 116 Å². The zero-order chi connectivity index (χ0) is 14.1. The van der Waals surface area contributed by atoms with Gasteiger partial charge >= 0.3 is 0 Å². The van der Waals surface area contributed by atoms with E-state index in [1.807, 2.05) is 18.7 Å². The van der Waals surface area contributed by atoms with Gasteiger partial charge < -0.3 is 10.2 Å². The fraction of sp³-hybridized carbons (Fsp3) is 0.867. The average molecular weight is 268 g/mol.